The van der Waals surface area contributed by atoms with Crippen molar-refractivity contribution in [3.8, 4) is 0 Å². The van der Waals surface area contributed by atoms with Gasteiger partial charge in [-0.25, -0.2) is 0 Å². The topological polar surface area (TPSA) is 41.5 Å². The number of hydrogen-bond donors (Lipinski definition) is 2. The zero-order valence-electron chi connectivity index (χ0n) is 7.75. The molecule has 72 valence electrons. The normalized spacial score (nSPS) is 12.8. The molecule has 12 heavy (non-hydrogen) atoms. The molecule has 0 aliphatic carbocycles. The van der Waals surface area contributed by atoms with Crippen molar-refractivity contribution in [2.24, 2.45) is 0 Å². The maximum atomic E-state index is 8.88. The Morgan fingerprint density at radius 1 is 1.58 bits per heavy atom. The summed E-state index contributed by atoms with van der Waals surface area (Å²) in [5.74, 6) is 0. The Bertz CT molecular complexity index is 105. The lowest BCUT2D eigenvalue weighted by molar-refractivity contribution is 0.134. The Hall–Kier alpha value is -0.380. The molecule has 0 aromatic carbocycles. The van der Waals surface area contributed by atoms with Gasteiger partial charge in [0.1, 0.15) is 0 Å². The van der Waals surface area contributed by atoms with E-state index in [1.54, 1.807) is 6.92 Å². The lowest BCUT2D eigenvalue weighted by atomic mass is 10.4. The fourth-order valence-electron chi connectivity index (χ4n) is 0.724. The minimum Gasteiger partial charge on any atom is -0.392 e. The van der Waals surface area contributed by atoms with Gasteiger partial charge in [0.15, 0.2) is 0 Å². The van der Waals surface area contributed by atoms with E-state index in [-0.39, 0.29) is 6.10 Å². The van der Waals surface area contributed by atoms with Gasteiger partial charge in [0.2, 0.25) is 0 Å². The predicted octanol–water partition coefficient (Wildman–Crippen LogP) is 0.549. The molecule has 0 spiro atoms. The van der Waals surface area contributed by atoms with Crippen molar-refractivity contribution in [1.82, 2.24) is 5.32 Å². The first kappa shape index (κ1) is 11.6. The number of hydrogen-bond acceptors (Lipinski definition) is 3. The summed E-state index contributed by atoms with van der Waals surface area (Å²) in [7, 11) is 0. The second kappa shape index (κ2) is 8.71. The van der Waals surface area contributed by atoms with Crippen LogP contribution in [0.25, 0.3) is 0 Å². The molecule has 0 saturated carbocycles. The lowest BCUT2D eigenvalue weighted by Crippen LogP contribution is -2.27. The first-order valence-electron chi connectivity index (χ1n) is 4.34. The molecule has 0 aliphatic rings. The van der Waals surface area contributed by atoms with Crippen molar-refractivity contribution in [2.45, 2.75) is 19.4 Å². The van der Waals surface area contributed by atoms with Gasteiger partial charge in [0, 0.05) is 13.1 Å². The summed E-state index contributed by atoms with van der Waals surface area (Å²) < 4.78 is 5.24. The van der Waals surface area contributed by atoms with Gasteiger partial charge in [0.25, 0.3) is 0 Å². The highest BCUT2D eigenvalue weighted by Gasteiger charge is 1.92. The van der Waals surface area contributed by atoms with Crippen LogP contribution in [0.2, 0.25) is 0 Å². The number of rotatable bonds is 8. The van der Waals surface area contributed by atoms with E-state index in [1.807, 2.05) is 6.08 Å². The molecule has 0 rings (SSSR count). The fraction of sp³-hybridized carbons (Fsp3) is 0.778. The first-order valence-corrected chi connectivity index (χ1v) is 4.34. The molecule has 0 unspecified atom stereocenters. The van der Waals surface area contributed by atoms with E-state index in [2.05, 4.69) is 11.9 Å². The summed E-state index contributed by atoms with van der Waals surface area (Å²) in [5, 5.41) is 11.9. The largest absolute Gasteiger partial charge is 0.392 e. The average molecular weight is 173 g/mol. The van der Waals surface area contributed by atoms with Crippen LogP contribution in [0, 0.1) is 0 Å². The summed E-state index contributed by atoms with van der Waals surface area (Å²) in [6.45, 7) is 8.20. The Balaban J connectivity index is 2.86. The second-order valence-electron chi connectivity index (χ2n) is 2.74. The van der Waals surface area contributed by atoms with Crippen LogP contribution in [0.3, 0.4) is 0 Å². The number of aliphatic hydroxyl groups excluding tert-OH is 1. The van der Waals surface area contributed by atoms with Crippen molar-refractivity contribution in [2.75, 3.05) is 26.3 Å². The molecule has 0 aliphatic heterocycles. The van der Waals surface area contributed by atoms with Gasteiger partial charge in [0.05, 0.1) is 19.3 Å². The molecule has 3 heteroatoms. The van der Waals surface area contributed by atoms with E-state index in [4.69, 9.17) is 9.84 Å². The van der Waals surface area contributed by atoms with Crippen LogP contribution in [-0.4, -0.2) is 37.5 Å². The Kier molecular flexibility index (Phi) is 8.44. The fourth-order valence-corrected chi connectivity index (χ4v) is 0.724. The lowest BCUT2D eigenvalue weighted by Gasteiger charge is -2.06. The van der Waals surface area contributed by atoms with E-state index < -0.39 is 0 Å². The van der Waals surface area contributed by atoms with Gasteiger partial charge in [-0.15, -0.1) is 6.58 Å². The molecule has 2 N–H and O–H groups in total. The van der Waals surface area contributed by atoms with E-state index >= 15 is 0 Å². The van der Waals surface area contributed by atoms with Crippen LogP contribution in [0.15, 0.2) is 12.7 Å². The summed E-state index contributed by atoms with van der Waals surface area (Å²) in [6.07, 6.45) is 2.46. The third kappa shape index (κ3) is 9.62. The van der Waals surface area contributed by atoms with Gasteiger partial charge in [-0.2, -0.15) is 0 Å². The zero-order valence-corrected chi connectivity index (χ0v) is 7.75. The number of aliphatic hydroxyl groups is 1. The summed E-state index contributed by atoms with van der Waals surface area (Å²) in [5.41, 5.74) is 0. The van der Waals surface area contributed by atoms with Gasteiger partial charge in [-0.3, -0.25) is 0 Å². The molecule has 0 fully saturated rings. The Labute approximate surface area is 74.4 Å². The molecule has 0 bridgehead atoms. The molecule has 0 heterocycles. The number of nitrogens with one attached hydrogen (secondary N) is 1. The minimum absolute atomic E-state index is 0.279. The number of ether oxygens (including phenoxy) is 1. The molecule has 0 aromatic rings. The van der Waals surface area contributed by atoms with Gasteiger partial charge in [-0.1, -0.05) is 6.08 Å². The quantitative estimate of drug-likeness (QED) is 0.416. The van der Waals surface area contributed by atoms with Crippen LogP contribution >= 0.6 is 0 Å². The smallest absolute Gasteiger partial charge is 0.0636 e. The van der Waals surface area contributed by atoms with Gasteiger partial charge in [-0.05, 0) is 13.3 Å². The van der Waals surface area contributed by atoms with Crippen molar-refractivity contribution < 1.29 is 9.84 Å². The molecule has 0 amide bonds. The SMILES string of the molecule is C=CCCOCCNC[C@H](C)O. The molecule has 0 radical (unpaired) electrons. The minimum atomic E-state index is -0.279. The standard InChI is InChI=1S/C9H19NO2/c1-3-4-6-12-7-5-10-8-9(2)11/h3,9-11H,1,4-8H2,2H3/t9-/m0/s1. The van der Waals surface area contributed by atoms with E-state index in [9.17, 15) is 0 Å². The van der Waals surface area contributed by atoms with Gasteiger partial charge >= 0.3 is 0 Å². The molecule has 0 saturated heterocycles. The zero-order chi connectivity index (χ0) is 9.23. The van der Waals surface area contributed by atoms with Crippen molar-refractivity contribution >= 4 is 0 Å². The monoisotopic (exact) mass is 173 g/mol. The Morgan fingerprint density at radius 2 is 2.33 bits per heavy atom. The highest BCUT2D eigenvalue weighted by Crippen LogP contribution is 1.81. The average Bonchev–Trinajstić information content (AvgIpc) is 2.02. The van der Waals surface area contributed by atoms with Crippen LogP contribution in [0.5, 0.6) is 0 Å². The summed E-state index contributed by atoms with van der Waals surface area (Å²) in [6, 6.07) is 0. The maximum absolute atomic E-state index is 8.88. The van der Waals surface area contributed by atoms with Crippen molar-refractivity contribution in [1.29, 1.82) is 0 Å². The molecular formula is C9H19NO2. The third-order valence-corrected chi connectivity index (χ3v) is 1.33. The van der Waals surface area contributed by atoms with E-state index in [1.165, 1.54) is 0 Å². The summed E-state index contributed by atoms with van der Waals surface area (Å²) in [4.78, 5) is 0. The molecule has 3 nitrogen and oxygen atoms in total. The molecule has 0 aromatic heterocycles. The van der Waals surface area contributed by atoms with Gasteiger partial charge < -0.3 is 15.2 Å². The highest BCUT2D eigenvalue weighted by atomic mass is 16.5. The van der Waals surface area contributed by atoms with E-state index in [0.29, 0.717) is 13.2 Å². The van der Waals surface area contributed by atoms with E-state index in [0.717, 1.165) is 19.6 Å². The Morgan fingerprint density at radius 3 is 2.92 bits per heavy atom. The third-order valence-electron chi connectivity index (χ3n) is 1.33. The molecular weight excluding hydrogens is 154 g/mol. The van der Waals surface area contributed by atoms with Crippen LogP contribution in [-0.2, 0) is 4.74 Å². The van der Waals surface area contributed by atoms with Crippen LogP contribution in [0.4, 0.5) is 0 Å². The van der Waals surface area contributed by atoms with Crippen LogP contribution < -0.4 is 5.32 Å². The maximum Gasteiger partial charge on any atom is 0.0636 e. The highest BCUT2D eigenvalue weighted by molar-refractivity contribution is 4.64. The second-order valence-corrected chi connectivity index (χ2v) is 2.74. The predicted molar refractivity (Wildman–Crippen MR) is 50.2 cm³/mol. The first-order chi connectivity index (χ1) is 5.77. The van der Waals surface area contributed by atoms with Crippen molar-refractivity contribution in [3.05, 3.63) is 12.7 Å². The van der Waals surface area contributed by atoms with Crippen molar-refractivity contribution in [3.63, 3.8) is 0 Å². The summed E-state index contributed by atoms with van der Waals surface area (Å²) >= 11 is 0. The van der Waals surface area contributed by atoms with Crippen LogP contribution in [0.1, 0.15) is 13.3 Å². The molecule has 1 atom stereocenters.